The number of halogens is 2. The maximum absolute atomic E-state index is 10.4. The Labute approximate surface area is 120 Å². The summed E-state index contributed by atoms with van der Waals surface area (Å²) in [7, 11) is 1.77. The number of nitrogens with zero attached hydrogens (tertiary/aromatic N) is 2. The van der Waals surface area contributed by atoms with Crippen LogP contribution in [0.1, 0.15) is 42.0 Å². The molecule has 0 saturated carbocycles. The largest absolute Gasteiger partial charge is 0.383 e. The van der Waals surface area contributed by atoms with Crippen molar-refractivity contribution in [3.8, 4) is 0 Å². The molecule has 0 amide bonds. The Morgan fingerprint density at radius 3 is 2.50 bits per heavy atom. The highest BCUT2D eigenvalue weighted by atomic mass is 35.5. The number of aliphatic hydroxyl groups excluding tert-OH is 1. The minimum Gasteiger partial charge on any atom is -0.383 e. The van der Waals surface area contributed by atoms with Crippen molar-refractivity contribution in [2.24, 2.45) is 7.05 Å². The number of aryl methyl sites for hydroxylation is 1. The Morgan fingerprint density at radius 2 is 2.00 bits per heavy atom. The molecule has 3 nitrogen and oxygen atoms in total. The van der Waals surface area contributed by atoms with E-state index in [0.717, 1.165) is 10.6 Å². The van der Waals surface area contributed by atoms with Gasteiger partial charge in [-0.25, -0.2) is 0 Å². The van der Waals surface area contributed by atoms with Crippen molar-refractivity contribution in [2.45, 2.75) is 25.9 Å². The van der Waals surface area contributed by atoms with Crippen LogP contribution in [0.5, 0.6) is 0 Å². The third kappa shape index (κ3) is 2.43. The standard InChI is InChI=1S/C12H14Cl2N2OS/c1-6(2)10-9(12(14)16(3)15-10)11(17)7-4-5-8(13)18-7/h4-6,11,17H,1-3H3. The van der Waals surface area contributed by atoms with Crippen molar-refractivity contribution in [3.05, 3.63) is 37.8 Å². The van der Waals surface area contributed by atoms with Crippen molar-refractivity contribution in [1.29, 1.82) is 0 Å². The van der Waals surface area contributed by atoms with E-state index in [1.165, 1.54) is 11.3 Å². The number of aromatic nitrogens is 2. The molecule has 0 aliphatic heterocycles. The highest BCUT2D eigenvalue weighted by Gasteiger charge is 2.25. The summed E-state index contributed by atoms with van der Waals surface area (Å²) in [5.41, 5.74) is 1.49. The van der Waals surface area contributed by atoms with Crippen LogP contribution in [0.15, 0.2) is 12.1 Å². The molecule has 6 heteroatoms. The second kappa shape index (κ2) is 5.21. The van der Waals surface area contributed by atoms with E-state index in [9.17, 15) is 5.11 Å². The third-order valence-corrected chi connectivity index (χ3v) is 4.46. The van der Waals surface area contributed by atoms with Crippen LogP contribution in [0.2, 0.25) is 9.49 Å². The first-order valence-electron chi connectivity index (χ1n) is 5.57. The molecular formula is C12H14Cl2N2OS. The van der Waals surface area contributed by atoms with E-state index in [1.54, 1.807) is 17.8 Å². The van der Waals surface area contributed by atoms with Crippen molar-refractivity contribution in [2.75, 3.05) is 0 Å². The number of hydrogen-bond acceptors (Lipinski definition) is 3. The zero-order valence-corrected chi connectivity index (χ0v) is 12.6. The summed E-state index contributed by atoms with van der Waals surface area (Å²) < 4.78 is 2.24. The van der Waals surface area contributed by atoms with Crippen LogP contribution in [-0.4, -0.2) is 14.9 Å². The minimum atomic E-state index is -0.777. The molecule has 0 aliphatic rings. The molecule has 1 unspecified atom stereocenters. The molecule has 0 aromatic carbocycles. The Kier molecular flexibility index (Phi) is 4.02. The number of thiophene rings is 1. The molecule has 2 aromatic heterocycles. The number of aliphatic hydroxyl groups is 1. The van der Waals surface area contributed by atoms with Crippen LogP contribution >= 0.6 is 34.5 Å². The zero-order chi connectivity index (χ0) is 13.4. The Balaban J connectivity index is 2.50. The maximum atomic E-state index is 10.4. The molecule has 0 bridgehead atoms. The second-order valence-electron chi connectivity index (χ2n) is 4.41. The van der Waals surface area contributed by atoms with Gasteiger partial charge in [0.1, 0.15) is 11.3 Å². The molecule has 0 saturated heterocycles. The van der Waals surface area contributed by atoms with Gasteiger partial charge in [-0.3, -0.25) is 4.68 Å². The van der Waals surface area contributed by atoms with Gasteiger partial charge in [0.25, 0.3) is 0 Å². The van der Waals surface area contributed by atoms with Gasteiger partial charge < -0.3 is 5.11 Å². The fourth-order valence-electron chi connectivity index (χ4n) is 1.84. The fraction of sp³-hybridized carbons (Fsp3) is 0.417. The molecule has 2 heterocycles. The van der Waals surface area contributed by atoms with Gasteiger partial charge in [-0.05, 0) is 18.1 Å². The Bertz CT molecular complexity index is 562. The van der Waals surface area contributed by atoms with E-state index >= 15 is 0 Å². The summed E-state index contributed by atoms with van der Waals surface area (Å²) in [4.78, 5) is 0.775. The topological polar surface area (TPSA) is 38.0 Å². The SMILES string of the molecule is CC(C)c1nn(C)c(Cl)c1C(O)c1ccc(Cl)s1. The molecule has 98 valence electrons. The van der Waals surface area contributed by atoms with E-state index in [1.807, 2.05) is 19.9 Å². The van der Waals surface area contributed by atoms with E-state index < -0.39 is 6.10 Å². The lowest BCUT2D eigenvalue weighted by Gasteiger charge is -2.11. The molecule has 0 radical (unpaired) electrons. The molecular weight excluding hydrogens is 291 g/mol. The summed E-state index contributed by atoms with van der Waals surface area (Å²) in [6.45, 7) is 4.05. The summed E-state index contributed by atoms with van der Waals surface area (Å²) >= 11 is 13.5. The van der Waals surface area contributed by atoms with E-state index in [0.29, 0.717) is 15.1 Å². The lowest BCUT2D eigenvalue weighted by molar-refractivity contribution is 0.222. The van der Waals surface area contributed by atoms with Gasteiger partial charge in [-0.1, -0.05) is 37.0 Å². The molecule has 1 atom stereocenters. The van der Waals surface area contributed by atoms with Crippen LogP contribution in [0, 0.1) is 0 Å². The van der Waals surface area contributed by atoms with E-state index in [-0.39, 0.29) is 5.92 Å². The first kappa shape index (κ1) is 13.9. The predicted molar refractivity (Wildman–Crippen MR) is 75.7 cm³/mol. The lowest BCUT2D eigenvalue weighted by Crippen LogP contribution is -2.02. The zero-order valence-electron chi connectivity index (χ0n) is 10.3. The average molecular weight is 305 g/mol. The quantitative estimate of drug-likeness (QED) is 0.931. The minimum absolute atomic E-state index is 0.198. The van der Waals surface area contributed by atoms with Gasteiger partial charge in [-0.2, -0.15) is 5.10 Å². The van der Waals surface area contributed by atoms with Crippen LogP contribution in [0.4, 0.5) is 0 Å². The number of hydrogen-bond donors (Lipinski definition) is 1. The monoisotopic (exact) mass is 304 g/mol. The van der Waals surface area contributed by atoms with Gasteiger partial charge in [0, 0.05) is 17.5 Å². The normalized spacial score (nSPS) is 13.3. The Morgan fingerprint density at radius 1 is 1.33 bits per heavy atom. The molecule has 0 fully saturated rings. The van der Waals surface area contributed by atoms with Gasteiger partial charge in [-0.15, -0.1) is 11.3 Å². The summed E-state index contributed by atoms with van der Waals surface area (Å²) in [6, 6.07) is 3.58. The lowest BCUT2D eigenvalue weighted by atomic mass is 10.0. The van der Waals surface area contributed by atoms with Crippen molar-refractivity contribution in [1.82, 2.24) is 9.78 Å². The highest BCUT2D eigenvalue weighted by molar-refractivity contribution is 7.16. The van der Waals surface area contributed by atoms with E-state index in [2.05, 4.69) is 5.10 Å². The molecule has 18 heavy (non-hydrogen) atoms. The molecule has 2 rings (SSSR count). The second-order valence-corrected chi connectivity index (χ2v) is 6.52. The van der Waals surface area contributed by atoms with Gasteiger partial charge in [0.05, 0.1) is 10.0 Å². The first-order chi connectivity index (χ1) is 8.41. The van der Waals surface area contributed by atoms with Gasteiger partial charge >= 0.3 is 0 Å². The predicted octanol–water partition coefficient (Wildman–Crippen LogP) is 3.99. The van der Waals surface area contributed by atoms with Gasteiger partial charge in [0.2, 0.25) is 0 Å². The first-order valence-corrected chi connectivity index (χ1v) is 7.14. The third-order valence-electron chi connectivity index (χ3n) is 2.72. The van der Waals surface area contributed by atoms with E-state index in [4.69, 9.17) is 23.2 Å². The smallest absolute Gasteiger partial charge is 0.133 e. The molecule has 2 aromatic rings. The highest BCUT2D eigenvalue weighted by Crippen LogP contribution is 2.37. The summed E-state index contributed by atoms with van der Waals surface area (Å²) in [6.07, 6.45) is -0.777. The van der Waals surface area contributed by atoms with Crippen LogP contribution in [0.3, 0.4) is 0 Å². The fourth-order valence-corrected chi connectivity index (χ4v) is 3.13. The molecule has 0 spiro atoms. The summed E-state index contributed by atoms with van der Waals surface area (Å²) in [5.74, 6) is 0.198. The number of rotatable bonds is 3. The summed E-state index contributed by atoms with van der Waals surface area (Å²) in [5, 5.41) is 15.3. The average Bonchev–Trinajstić information content (AvgIpc) is 2.84. The van der Waals surface area contributed by atoms with Gasteiger partial charge in [0.15, 0.2) is 0 Å². The Hall–Kier alpha value is -0.550. The van der Waals surface area contributed by atoms with Crippen molar-refractivity contribution >= 4 is 34.5 Å². The molecule has 0 aliphatic carbocycles. The van der Waals surface area contributed by atoms with Crippen LogP contribution < -0.4 is 0 Å². The maximum Gasteiger partial charge on any atom is 0.133 e. The molecule has 1 N–H and O–H groups in total. The van der Waals surface area contributed by atoms with Crippen molar-refractivity contribution in [3.63, 3.8) is 0 Å². The van der Waals surface area contributed by atoms with Crippen LogP contribution in [0.25, 0.3) is 0 Å². The van der Waals surface area contributed by atoms with Crippen molar-refractivity contribution < 1.29 is 5.11 Å². The van der Waals surface area contributed by atoms with Crippen LogP contribution in [-0.2, 0) is 7.05 Å².